The van der Waals surface area contributed by atoms with Gasteiger partial charge in [-0.15, -0.1) is 11.3 Å². The summed E-state index contributed by atoms with van der Waals surface area (Å²) in [5.74, 6) is 2.30. The predicted octanol–water partition coefficient (Wildman–Crippen LogP) is 3.04. The van der Waals surface area contributed by atoms with Gasteiger partial charge >= 0.3 is 0 Å². The summed E-state index contributed by atoms with van der Waals surface area (Å²) in [6.45, 7) is 8.20. The van der Waals surface area contributed by atoms with E-state index in [2.05, 4.69) is 15.0 Å². The molecule has 3 heterocycles. The minimum absolute atomic E-state index is 0.113. The van der Waals surface area contributed by atoms with Crippen LogP contribution in [0.5, 0.6) is 5.75 Å². The van der Waals surface area contributed by atoms with Gasteiger partial charge in [0.2, 0.25) is 11.8 Å². The fourth-order valence-corrected chi connectivity index (χ4v) is 4.41. The van der Waals surface area contributed by atoms with Crippen molar-refractivity contribution in [3.8, 4) is 16.3 Å². The summed E-state index contributed by atoms with van der Waals surface area (Å²) in [5, 5.41) is 6.86. The zero-order chi connectivity index (χ0) is 21.6. The van der Waals surface area contributed by atoms with E-state index in [1.54, 1.807) is 11.3 Å². The molecule has 0 saturated carbocycles. The van der Waals surface area contributed by atoms with E-state index >= 15 is 0 Å². The lowest BCUT2D eigenvalue weighted by atomic mass is 10.2. The average molecular weight is 442 g/mol. The maximum Gasteiger partial charge on any atom is 0.228 e. The standard InChI is InChI=1S/C22H27N5O3S/c1-3-20-24-19(25-30-20)14-26-9-11-27(12-10-26)21(28)13-16-15-31-22(23-16)17-7-5-6-8-18(17)29-4-2/h5-8,15H,3-4,9-14H2,1-2H3. The highest BCUT2D eigenvalue weighted by molar-refractivity contribution is 7.13. The molecular formula is C22H27N5O3S. The summed E-state index contributed by atoms with van der Waals surface area (Å²) in [6.07, 6.45) is 1.06. The minimum Gasteiger partial charge on any atom is -0.493 e. The number of rotatable bonds is 8. The van der Waals surface area contributed by atoms with E-state index < -0.39 is 0 Å². The third-order valence-electron chi connectivity index (χ3n) is 5.20. The second-order valence-corrected chi connectivity index (χ2v) is 8.22. The molecular weight excluding hydrogens is 414 g/mol. The number of piperazine rings is 1. The summed E-state index contributed by atoms with van der Waals surface area (Å²) in [7, 11) is 0. The Morgan fingerprint density at radius 3 is 2.71 bits per heavy atom. The first-order valence-corrected chi connectivity index (χ1v) is 11.5. The summed E-state index contributed by atoms with van der Waals surface area (Å²) < 4.78 is 10.9. The highest BCUT2D eigenvalue weighted by atomic mass is 32.1. The molecule has 4 rings (SSSR count). The number of carbonyl (C=O) groups excluding carboxylic acids is 1. The van der Waals surface area contributed by atoms with E-state index in [-0.39, 0.29) is 5.91 Å². The van der Waals surface area contributed by atoms with Gasteiger partial charge in [0.25, 0.3) is 0 Å². The molecule has 1 aromatic carbocycles. The van der Waals surface area contributed by atoms with Crippen LogP contribution in [0.2, 0.25) is 0 Å². The number of carbonyl (C=O) groups is 1. The molecule has 1 fully saturated rings. The van der Waals surface area contributed by atoms with Gasteiger partial charge in [-0.3, -0.25) is 9.69 Å². The highest BCUT2D eigenvalue weighted by Crippen LogP contribution is 2.32. The molecule has 0 spiro atoms. The maximum absolute atomic E-state index is 12.8. The molecule has 164 valence electrons. The van der Waals surface area contributed by atoms with E-state index in [0.29, 0.717) is 44.4 Å². The van der Waals surface area contributed by atoms with Crippen LogP contribution in [0.3, 0.4) is 0 Å². The number of benzene rings is 1. The van der Waals surface area contributed by atoms with Gasteiger partial charge in [0.15, 0.2) is 5.82 Å². The summed E-state index contributed by atoms with van der Waals surface area (Å²) in [4.78, 5) is 26.0. The van der Waals surface area contributed by atoms with Gasteiger partial charge < -0.3 is 14.2 Å². The zero-order valence-electron chi connectivity index (χ0n) is 17.9. The second kappa shape index (κ2) is 10.0. The summed E-state index contributed by atoms with van der Waals surface area (Å²) in [6, 6.07) is 7.87. The number of hydrogen-bond donors (Lipinski definition) is 0. The van der Waals surface area contributed by atoms with E-state index in [0.717, 1.165) is 41.5 Å². The largest absolute Gasteiger partial charge is 0.493 e. The molecule has 0 bridgehead atoms. The van der Waals surface area contributed by atoms with Crippen molar-refractivity contribution in [2.24, 2.45) is 0 Å². The Labute approximate surface area is 185 Å². The Balaban J connectivity index is 1.31. The summed E-state index contributed by atoms with van der Waals surface area (Å²) >= 11 is 1.54. The molecule has 31 heavy (non-hydrogen) atoms. The molecule has 1 amide bonds. The quantitative estimate of drug-likeness (QED) is 0.531. The lowest BCUT2D eigenvalue weighted by molar-refractivity contribution is -0.132. The van der Waals surface area contributed by atoms with Crippen molar-refractivity contribution in [1.29, 1.82) is 0 Å². The number of amides is 1. The van der Waals surface area contributed by atoms with Crippen molar-refractivity contribution < 1.29 is 14.1 Å². The van der Waals surface area contributed by atoms with Crippen LogP contribution in [0.25, 0.3) is 10.6 Å². The smallest absolute Gasteiger partial charge is 0.228 e. The van der Waals surface area contributed by atoms with Crippen molar-refractivity contribution in [1.82, 2.24) is 24.9 Å². The average Bonchev–Trinajstić information content (AvgIpc) is 3.44. The van der Waals surface area contributed by atoms with E-state index in [1.807, 2.05) is 48.4 Å². The van der Waals surface area contributed by atoms with E-state index in [9.17, 15) is 4.79 Å². The molecule has 0 atom stereocenters. The van der Waals surface area contributed by atoms with Gasteiger partial charge in [0.1, 0.15) is 10.8 Å². The molecule has 0 aliphatic carbocycles. The van der Waals surface area contributed by atoms with Crippen LogP contribution in [-0.4, -0.2) is 63.6 Å². The number of hydrogen-bond acceptors (Lipinski definition) is 8. The van der Waals surface area contributed by atoms with E-state index in [4.69, 9.17) is 14.2 Å². The Morgan fingerprint density at radius 1 is 1.16 bits per heavy atom. The van der Waals surface area contributed by atoms with Crippen molar-refractivity contribution in [3.05, 3.63) is 47.1 Å². The van der Waals surface area contributed by atoms with E-state index in [1.165, 1.54) is 0 Å². The van der Waals surface area contributed by atoms with Crippen LogP contribution < -0.4 is 4.74 Å². The van der Waals surface area contributed by atoms with Crippen LogP contribution in [0, 0.1) is 0 Å². The normalized spacial score (nSPS) is 14.7. The Morgan fingerprint density at radius 2 is 1.97 bits per heavy atom. The Bertz CT molecular complexity index is 1010. The van der Waals surface area contributed by atoms with Crippen molar-refractivity contribution in [2.75, 3.05) is 32.8 Å². The topological polar surface area (TPSA) is 84.6 Å². The Kier molecular flexibility index (Phi) is 6.93. The number of ether oxygens (including phenoxy) is 1. The van der Waals surface area contributed by atoms with Gasteiger partial charge in [-0.1, -0.05) is 24.2 Å². The van der Waals surface area contributed by atoms with Gasteiger partial charge in [0.05, 0.1) is 30.8 Å². The van der Waals surface area contributed by atoms with Crippen LogP contribution in [0.1, 0.15) is 31.3 Å². The molecule has 0 N–H and O–H groups in total. The number of thiazole rings is 1. The third-order valence-corrected chi connectivity index (χ3v) is 6.13. The third kappa shape index (κ3) is 5.29. The molecule has 0 radical (unpaired) electrons. The molecule has 1 aliphatic rings. The molecule has 8 nitrogen and oxygen atoms in total. The van der Waals surface area contributed by atoms with Crippen molar-refractivity contribution in [2.45, 2.75) is 33.2 Å². The zero-order valence-corrected chi connectivity index (χ0v) is 18.7. The fourth-order valence-electron chi connectivity index (χ4n) is 3.56. The number of nitrogens with zero attached hydrogens (tertiary/aromatic N) is 5. The van der Waals surface area contributed by atoms with Crippen LogP contribution >= 0.6 is 11.3 Å². The first-order chi connectivity index (χ1) is 15.2. The number of aryl methyl sites for hydroxylation is 1. The van der Waals surface area contributed by atoms with Crippen LogP contribution in [0.4, 0.5) is 0 Å². The first-order valence-electron chi connectivity index (χ1n) is 10.6. The second-order valence-electron chi connectivity index (χ2n) is 7.36. The predicted molar refractivity (Wildman–Crippen MR) is 118 cm³/mol. The lowest BCUT2D eigenvalue weighted by Gasteiger charge is -2.34. The first kappa shape index (κ1) is 21.5. The fraction of sp³-hybridized carbons (Fsp3) is 0.455. The lowest BCUT2D eigenvalue weighted by Crippen LogP contribution is -2.48. The molecule has 3 aromatic rings. The molecule has 0 unspecified atom stereocenters. The molecule has 2 aromatic heterocycles. The van der Waals surface area contributed by atoms with Crippen molar-refractivity contribution in [3.63, 3.8) is 0 Å². The summed E-state index contributed by atoms with van der Waals surface area (Å²) in [5.41, 5.74) is 1.77. The van der Waals surface area contributed by atoms with Crippen LogP contribution in [-0.2, 0) is 24.2 Å². The molecule has 1 saturated heterocycles. The molecule has 1 aliphatic heterocycles. The number of para-hydroxylation sites is 1. The minimum atomic E-state index is 0.113. The van der Waals surface area contributed by atoms with Gasteiger partial charge in [-0.05, 0) is 19.1 Å². The SMILES string of the molecule is CCOc1ccccc1-c1nc(CC(=O)N2CCN(Cc3noc(CC)n3)CC2)cs1. The van der Waals surface area contributed by atoms with Crippen LogP contribution in [0.15, 0.2) is 34.2 Å². The number of aromatic nitrogens is 3. The monoisotopic (exact) mass is 441 g/mol. The van der Waals surface area contributed by atoms with Gasteiger partial charge in [-0.2, -0.15) is 4.98 Å². The maximum atomic E-state index is 12.8. The Hall–Kier alpha value is -2.78. The van der Waals surface area contributed by atoms with Crippen molar-refractivity contribution >= 4 is 17.2 Å². The molecule has 9 heteroatoms. The van der Waals surface area contributed by atoms with Gasteiger partial charge in [-0.25, -0.2) is 4.98 Å². The van der Waals surface area contributed by atoms with Gasteiger partial charge in [0, 0.05) is 38.0 Å². The highest BCUT2D eigenvalue weighted by Gasteiger charge is 2.23.